The molecular weight excluding hydrogens is 365 g/mol. The Hall–Kier alpha value is -2.21. The van der Waals surface area contributed by atoms with Gasteiger partial charge in [0, 0.05) is 13.1 Å². The fraction of sp³-hybridized carbons (Fsp3) is 0.455. The van der Waals surface area contributed by atoms with Crippen molar-refractivity contribution >= 4 is 5.69 Å². The van der Waals surface area contributed by atoms with E-state index in [0.717, 1.165) is 12.8 Å². The Morgan fingerprint density at radius 3 is 2.54 bits per heavy atom. The molecule has 0 spiro atoms. The van der Waals surface area contributed by atoms with Gasteiger partial charge in [-0.25, -0.2) is 0 Å². The van der Waals surface area contributed by atoms with Crippen LogP contribution in [0.15, 0.2) is 42.5 Å². The maximum absolute atomic E-state index is 14.1. The number of ether oxygens (including phenoxy) is 1. The van der Waals surface area contributed by atoms with Crippen molar-refractivity contribution < 1.29 is 17.9 Å². The molecule has 1 saturated heterocycles. The van der Waals surface area contributed by atoms with Gasteiger partial charge in [-0.3, -0.25) is 0 Å². The Morgan fingerprint density at radius 1 is 1.18 bits per heavy atom. The normalized spacial score (nSPS) is 18.8. The first-order valence-electron chi connectivity index (χ1n) is 9.70. The topological polar surface area (TPSA) is 38.5 Å². The molecule has 1 aliphatic rings. The molecule has 2 aromatic carbocycles. The van der Waals surface area contributed by atoms with Crippen LogP contribution >= 0.6 is 0 Å². The van der Waals surface area contributed by atoms with Crippen LogP contribution in [0, 0.1) is 18.8 Å². The van der Waals surface area contributed by atoms with Gasteiger partial charge in [0.25, 0.3) is 0 Å². The minimum absolute atomic E-state index is 0.159. The fourth-order valence-corrected chi connectivity index (χ4v) is 3.93. The number of para-hydroxylation sites is 1. The predicted octanol–water partition coefficient (Wildman–Crippen LogP) is 5.62. The first-order valence-corrected chi connectivity index (χ1v) is 9.70. The summed E-state index contributed by atoms with van der Waals surface area (Å²) in [5.41, 5.74) is 5.95. The Balaban J connectivity index is 2.03. The maximum Gasteiger partial charge on any atom is 0.422 e. The number of alkyl halides is 3. The summed E-state index contributed by atoms with van der Waals surface area (Å²) >= 11 is 0. The zero-order valence-corrected chi connectivity index (χ0v) is 16.3. The molecule has 2 atom stereocenters. The molecule has 0 saturated carbocycles. The van der Waals surface area contributed by atoms with Crippen LogP contribution in [-0.4, -0.2) is 19.6 Å². The molecule has 1 aliphatic heterocycles. The average Bonchev–Trinajstić information content (AvgIpc) is 2.68. The second-order valence-corrected chi connectivity index (χ2v) is 7.58. The highest BCUT2D eigenvalue weighted by Gasteiger charge is 2.40. The number of hydrogen-bond donors (Lipinski definition) is 1. The SMILES string of the molecule is Cc1ccc(Oc2ccccc2)c(C(F)(F)F)c1N1CCC[C@H](C(C)CN)C1. The summed E-state index contributed by atoms with van der Waals surface area (Å²) < 4.78 is 48.1. The molecule has 3 rings (SSSR count). The highest BCUT2D eigenvalue weighted by Crippen LogP contribution is 2.46. The number of halogens is 3. The van der Waals surface area contributed by atoms with Crippen molar-refractivity contribution in [1.82, 2.24) is 0 Å². The second kappa shape index (κ2) is 8.43. The number of nitrogens with zero attached hydrogens (tertiary/aromatic N) is 1. The molecule has 0 amide bonds. The van der Waals surface area contributed by atoms with Gasteiger partial charge in [-0.15, -0.1) is 0 Å². The zero-order valence-electron chi connectivity index (χ0n) is 16.3. The molecule has 28 heavy (non-hydrogen) atoms. The molecule has 1 heterocycles. The smallest absolute Gasteiger partial charge is 0.422 e. The molecule has 1 unspecified atom stereocenters. The van der Waals surface area contributed by atoms with E-state index in [0.29, 0.717) is 30.9 Å². The summed E-state index contributed by atoms with van der Waals surface area (Å²) in [6.07, 6.45) is -2.66. The number of benzene rings is 2. The van der Waals surface area contributed by atoms with Gasteiger partial charge < -0.3 is 15.4 Å². The quantitative estimate of drug-likeness (QED) is 0.718. The third-order valence-electron chi connectivity index (χ3n) is 5.55. The monoisotopic (exact) mass is 392 g/mol. The van der Waals surface area contributed by atoms with Crippen LogP contribution in [0.1, 0.15) is 30.9 Å². The van der Waals surface area contributed by atoms with Crippen LogP contribution < -0.4 is 15.4 Å². The van der Waals surface area contributed by atoms with Crippen LogP contribution in [0.25, 0.3) is 0 Å². The predicted molar refractivity (Wildman–Crippen MR) is 106 cm³/mol. The molecule has 2 N–H and O–H groups in total. The van der Waals surface area contributed by atoms with Crippen LogP contribution in [0.3, 0.4) is 0 Å². The number of anilines is 1. The minimum atomic E-state index is -4.52. The van der Waals surface area contributed by atoms with E-state index in [-0.39, 0.29) is 23.3 Å². The van der Waals surface area contributed by atoms with E-state index in [9.17, 15) is 13.2 Å². The van der Waals surface area contributed by atoms with Crippen LogP contribution in [0.5, 0.6) is 11.5 Å². The van der Waals surface area contributed by atoms with Crippen molar-refractivity contribution in [3.63, 3.8) is 0 Å². The summed E-state index contributed by atoms with van der Waals surface area (Å²) in [5, 5.41) is 0. The van der Waals surface area contributed by atoms with Gasteiger partial charge >= 0.3 is 6.18 Å². The summed E-state index contributed by atoms with van der Waals surface area (Å²) in [6, 6.07) is 11.7. The first kappa shape index (κ1) is 20.5. The van der Waals surface area contributed by atoms with Gasteiger partial charge in [0.1, 0.15) is 17.1 Å². The standard InChI is InChI=1S/C22H27F3N2O/c1-15-10-11-19(28-18-8-4-3-5-9-18)20(22(23,24)25)21(15)27-12-6-7-17(14-27)16(2)13-26/h3-5,8-11,16-17H,6-7,12-14,26H2,1-2H3/t16?,17-/m0/s1. The number of rotatable bonds is 5. The van der Waals surface area contributed by atoms with Gasteiger partial charge in [0.2, 0.25) is 0 Å². The Morgan fingerprint density at radius 2 is 1.89 bits per heavy atom. The van der Waals surface area contributed by atoms with E-state index in [4.69, 9.17) is 10.5 Å². The Labute approximate surface area is 164 Å². The van der Waals surface area contributed by atoms with Crippen LogP contribution in [0.4, 0.5) is 18.9 Å². The number of piperidine rings is 1. The Bertz CT molecular complexity index is 792. The molecule has 152 valence electrons. The van der Waals surface area contributed by atoms with Gasteiger partial charge in [0.05, 0.1) is 5.69 Å². The van der Waals surface area contributed by atoms with E-state index in [2.05, 4.69) is 6.92 Å². The van der Waals surface area contributed by atoms with Gasteiger partial charge in [0.15, 0.2) is 0 Å². The van der Waals surface area contributed by atoms with Crippen molar-refractivity contribution in [3.8, 4) is 11.5 Å². The van der Waals surface area contributed by atoms with Crippen molar-refractivity contribution in [2.45, 2.75) is 32.9 Å². The lowest BCUT2D eigenvalue weighted by Crippen LogP contribution is -2.40. The number of hydrogen-bond acceptors (Lipinski definition) is 3. The summed E-state index contributed by atoms with van der Waals surface area (Å²) in [6.45, 7) is 5.53. The van der Waals surface area contributed by atoms with Crippen molar-refractivity contribution in [1.29, 1.82) is 0 Å². The number of aryl methyl sites for hydroxylation is 1. The van der Waals surface area contributed by atoms with E-state index >= 15 is 0 Å². The molecule has 6 heteroatoms. The molecule has 0 bridgehead atoms. The van der Waals surface area contributed by atoms with E-state index in [1.165, 1.54) is 6.07 Å². The molecule has 3 nitrogen and oxygen atoms in total. The van der Waals surface area contributed by atoms with E-state index in [1.54, 1.807) is 43.3 Å². The third kappa shape index (κ3) is 4.43. The average molecular weight is 392 g/mol. The second-order valence-electron chi connectivity index (χ2n) is 7.58. The molecule has 0 aromatic heterocycles. The molecular formula is C22H27F3N2O. The first-order chi connectivity index (χ1) is 13.3. The zero-order chi connectivity index (χ0) is 20.3. The summed E-state index contributed by atoms with van der Waals surface area (Å²) in [7, 11) is 0. The van der Waals surface area contributed by atoms with Gasteiger partial charge in [-0.1, -0.05) is 31.2 Å². The molecule has 0 aliphatic carbocycles. The highest BCUT2D eigenvalue weighted by molar-refractivity contribution is 5.66. The van der Waals surface area contributed by atoms with Crippen LogP contribution in [-0.2, 0) is 6.18 Å². The minimum Gasteiger partial charge on any atom is -0.457 e. The van der Waals surface area contributed by atoms with Gasteiger partial charge in [-0.2, -0.15) is 13.2 Å². The van der Waals surface area contributed by atoms with Gasteiger partial charge in [-0.05, 0) is 61.9 Å². The Kier molecular flexibility index (Phi) is 6.18. The van der Waals surface area contributed by atoms with Crippen LogP contribution in [0.2, 0.25) is 0 Å². The third-order valence-corrected chi connectivity index (χ3v) is 5.55. The van der Waals surface area contributed by atoms with Crippen molar-refractivity contribution in [3.05, 3.63) is 53.6 Å². The van der Waals surface area contributed by atoms with Crippen molar-refractivity contribution in [2.75, 3.05) is 24.5 Å². The lowest BCUT2D eigenvalue weighted by atomic mass is 9.86. The fourth-order valence-electron chi connectivity index (χ4n) is 3.93. The highest BCUT2D eigenvalue weighted by atomic mass is 19.4. The van der Waals surface area contributed by atoms with Crippen molar-refractivity contribution in [2.24, 2.45) is 17.6 Å². The summed E-state index contributed by atoms with van der Waals surface area (Å²) in [4.78, 5) is 1.87. The molecule has 2 aromatic rings. The number of nitrogens with two attached hydrogens (primary N) is 1. The van der Waals surface area contributed by atoms with E-state index < -0.39 is 11.7 Å². The molecule has 0 radical (unpaired) electrons. The largest absolute Gasteiger partial charge is 0.457 e. The molecule has 1 fully saturated rings. The van der Waals surface area contributed by atoms with E-state index in [1.807, 2.05) is 4.90 Å². The lowest BCUT2D eigenvalue weighted by Gasteiger charge is -2.39. The lowest BCUT2D eigenvalue weighted by molar-refractivity contribution is -0.138. The maximum atomic E-state index is 14.1. The summed E-state index contributed by atoms with van der Waals surface area (Å²) in [5.74, 6) is 0.795.